The fraction of sp³-hybridized carbons (Fsp3) is 0.533. The molecule has 3 nitrogen and oxygen atoms in total. The molecule has 5 heteroatoms. The SMILES string of the molecule is CN(Cc1ccccc1F)C(=O)CCC1CCCN1.Cl. The van der Waals surface area contributed by atoms with Crippen LogP contribution in [0, 0.1) is 5.82 Å². The second kappa shape index (κ2) is 8.22. The fourth-order valence-corrected chi connectivity index (χ4v) is 2.46. The Morgan fingerprint density at radius 3 is 2.85 bits per heavy atom. The summed E-state index contributed by atoms with van der Waals surface area (Å²) in [5.41, 5.74) is 0.567. The summed E-state index contributed by atoms with van der Waals surface area (Å²) in [6, 6.07) is 7.07. The molecular formula is C15H22ClFN2O. The maximum atomic E-state index is 13.5. The molecule has 0 bridgehead atoms. The molecule has 1 heterocycles. The highest BCUT2D eigenvalue weighted by Crippen LogP contribution is 2.13. The van der Waals surface area contributed by atoms with Crippen LogP contribution in [-0.2, 0) is 11.3 Å². The van der Waals surface area contributed by atoms with Crippen LogP contribution in [0.4, 0.5) is 4.39 Å². The van der Waals surface area contributed by atoms with Crippen LogP contribution in [0.5, 0.6) is 0 Å². The lowest BCUT2D eigenvalue weighted by molar-refractivity contribution is -0.130. The van der Waals surface area contributed by atoms with Crippen LogP contribution < -0.4 is 5.32 Å². The zero-order chi connectivity index (χ0) is 13.7. The molecule has 0 spiro atoms. The first-order chi connectivity index (χ1) is 9.16. The molecule has 0 aromatic heterocycles. The van der Waals surface area contributed by atoms with Crippen molar-refractivity contribution < 1.29 is 9.18 Å². The first-order valence-corrected chi connectivity index (χ1v) is 6.87. The fourth-order valence-electron chi connectivity index (χ4n) is 2.46. The first kappa shape index (κ1) is 16.9. The Hall–Kier alpha value is -1.13. The Morgan fingerprint density at radius 1 is 1.45 bits per heavy atom. The lowest BCUT2D eigenvalue weighted by Gasteiger charge is -2.19. The zero-order valence-corrected chi connectivity index (χ0v) is 12.6. The topological polar surface area (TPSA) is 32.3 Å². The third-order valence-electron chi connectivity index (χ3n) is 3.66. The zero-order valence-electron chi connectivity index (χ0n) is 11.8. The summed E-state index contributed by atoms with van der Waals surface area (Å²) >= 11 is 0. The van der Waals surface area contributed by atoms with Gasteiger partial charge in [0.2, 0.25) is 5.91 Å². The molecule has 1 atom stereocenters. The third kappa shape index (κ3) is 4.76. The van der Waals surface area contributed by atoms with E-state index < -0.39 is 0 Å². The van der Waals surface area contributed by atoms with E-state index in [2.05, 4.69) is 5.32 Å². The summed E-state index contributed by atoms with van der Waals surface area (Å²) in [4.78, 5) is 13.6. The van der Waals surface area contributed by atoms with Crippen LogP contribution in [0.15, 0.2) is 24.3 Å². The van der Waals surface area contributed by atoms with Gasteiger partial charge >= 0.3 is 0 Å². The molecule has 1 fully saturated rings. The Kier molecular flexibility index (Phi) is 6.96. The van der Waals surface area contributed by atoms with E-state index in [1.165, 1.54) is 12.5 Å². The lowest BCUT2D eigenvalue weighted by Crippen LogP contribution is -2.29. The largest absolute Gasteiger partial charge is 0.341 e. The van der Waals surface area contributed by atoms with Crippen LogP contribution in [0.2, 0.25) is 0 Å². The number of carbonyl (C=O) groups excluding carboxylic acids is 1. The maximum Gasteiger partial charge on any atom is 0.222 e. The third-order valence-corrected chi connectivity index (χ3v) is 3.66. The van der Waals surface area contributed by atoms with E-state index in [4.69, 9.17) is 0 Å². The monoisotopic (exact) mass is 300 g/mol. The van der Waals surface area contributed by atoms with Gasteiger partial charge in [-0.3, -0.25) is 4.79 Å². The van der Waals surface area contributed by atoms with Crippen LogP contribution in [0.3, 0.4) is 0 Å². The molecule has 0 saturated carbocycles. The van der Waals surface area contributed by atoms with Gasteiger partial charge in [-0.1, -0.05) is 18.2 Å². The summed E-state index contributed by atoms with van der Waals surface area (Å²) in [5.74, 6) is -0.170. The number of rotatable bonds is 5. The van der Waals surface area contributed by atoms with Gasteiger partial charge < -0.3 is 10.2 Å². The molecule has 1 aromatic carbocycles. The quantitative estimate of drug-likeness (QED) is 0.907. The van der Waals surface area contributed by atoms with Gasteiger partial charge in [-0.05, 0) is 31.9 Å². The summed E-state index contributed by atoms with van der Waals surface area (Å²) in [5, 5.41) is 3.38. The molecule has 1 aliphatic heterocycles. The predicted octanol–water partition coefficient (Wildman–Crippen LogP) is 2.74. The Bertz CT molecular complexity index is 436. The molecule has 1 amide bonds. The molecule has 0 radical (unpaired) electrons. The van der Waals surface area contributed by atoms with Crippen molar-refractivity contribution in [3.05, 3.63) is 35.6 Å². The van der Waals surface area contributed by atoms with Crippen molar-refractivity contribution >= 4 is 18.3 Å². The second-order valence-corrected chi connectivity index (χ2v) is 5.17. The molecule has 0 aliphatic carbocycles. The molecule has 1 aliphatic rings. The van der Waals surface area contributed by atoms with Crippen molar-refractivity contribution in [1.82, 2.24) is 10.2 Å². The van der Waals surface area contributed by atoms with Gasteiger partial charge in [-0.15, -0.1) is 12.4 Å². The summed E-state index contributed by atoms with van der Waals surface area (Å²) < 4.78 is 13.5. The van der Waals surface area contributed by atoms with Gasteiger partial charge in [-0.25, -0.2) is 4.39 Å². The molecule has 1 aromatic rings. The van der Waals surface area contributed by atoms with E-state index >= 15 is 0 Å². The summed E-state index contributed by atoms with van der Waals surface area (Å²) in [7, 11) is 1.73. The molecule has 1 saturated heterocycles. The lowest BCUT2D eigenvalue weighted by atomic mass is 10.1. The summed E-state index contributed by atoms with van der Waals surface area (Å²) in [6.07, 6.45) is 3.76. The molecule has 1 unspecified atom stereocenters. The number of nitrogens with zero attached hydrogens (tertiary/aromatic N) is 1. The molecule has 1 N–H and O–H groups in total. The van der Waals surface area contributed by atoms with Crippen molar-refractivity contribution in [2.24, 2.45) is 0 Å². The average molecular weight is 301 g/mol. The highest BCUT2D eigenvalue weighted by Gasteiger charge is 2.17. The van der Waals surface area contributed by atoms with Gasteiger partial charge in [0.15, 0.2) is 0 Å². The highest BCUT2D eigenvalue weighted by atomic mass is 35.5. The van der Waals surface area contributed by atoms with E-state index in [-0.39, 0.29) is 24.1 Å². The van der Waals surface area contributed by atoms with Gasteiger partial charge in [0, 0.05) is 31.6 Å². The van der Waals surface area contributed by atoms with Gasteiger partial charge in [0.25, 0.3) is 0 Å². The normalized spacial score (nSPS) is 17.6. The number of benzene rings is 1. The average Bonchev–Trinajstić information content (AvgIpc) is 2.91. The molecule has 112 valence electrons. The molecule has 2 rings (SSSR count). The van der Waals surface area contributed by atoms with Gasteiger partial charge in [-0.2, -0.15) is 0 Å². The maximum absolute atomic E-state index is 13.5. The van der Waals surface area contributed by atoms with E-state index in [1.807, 2.05) is 0 Å². The van der Waals surface area contributed by atoms with E-state index in [0.717, 1.165) is 19.4 Å². The van der Waals surface area contributed by atoms with E-state index in [0.29, 0.717) is 24.6 Å². The minimum Gasteiger partial charge on any atom is -0.341 e. The minimum atomic E-state index is -0.250. The Morgan fingerprint density at radius 2 is 2.20 bits per heavy atom. The van der Waals surface area contributed by atoms with Crippen LogP contribution in [0.1, 0.15) is 31.2 Å². The highest BCUT2D eigenvalue weighted by molar-refractivity contribution is 5.85. The van der Waals surface area contributed by atoms with Crippen molar-refractivity contribution in [2.75, 3.05) is 13.6 Å². The number of hydrogen-bond acceptors (Lipinski definition) is 2. The van der Waals surface area contributed by atoms with Gasteiger partial charge in [0.1, 0.15) is 5.82 Å². The second-order valence-electron chi connectivity index (χ2n) is 5.17. The van der Waals surface area contributed by atoms with Gasteiger partial charge in [0.05, 0.1) is 0 Å². The Balaban J connectivity index is 0.00000200. The standard InChI is InChI=1S/C15H21FN2O.ClH/c1-18(11-12-5-2-3-7-14(12)16)15(19)9-8-13-6-4-10-17-13;/h2-3,5,7,13,17H,4,6,8-11H2,1H3;1H. The molecule has 20 heavy (non-hydrogen) atoms. The predicted molar refractivity (Wildman–Crippen MR) is 80.4 cm³/mol. The van der Waals surface area contributed by atoms with E-state index in [9.17, 15) is 9.18 Å². The minimum absolute atomic E-state index is 0. The van der Waals surface area contributed by atoms with Crippen LogP contribution >= 0.6 is 12.4 Å². The number of nitrogens with one attached hydrogen (secondary N) is 1. The van der Waals surface area contributed by atoms with Crippen LogP contribution in [0.25, 0.3) is 0 Å². The number of halogens is 2. The van der Waals surface area contributed by atoms with Crippen molar-refractivity contribution in [2.45, 2.75) is 38.3 Å². The van der Waals surface area contributed by atoms with Crippen molar-refractivity contribution in [3.8, 4) is 0 Å². The smallest absolute Gasteiger partial charge is 0.222 e. The number of hydrogen-bond donors (Lipinski definition) is 1. The first-order valence-electron chi connectivity index (χ1n) is 6.87. The number of amides is 1. The number of carbonyl (C=O) groups is 1. The molecular weight excluding hydrogens is 279 g/mol. The Labute approximate surface area is 125 Å². The van der Waals surface area contributed by atoms with Crippen molar-refractivity contribution in [1.29, 1.82) is 0 Å². The van der Waals surface area contributed by atoms with Crippen molar-refractivity contribution in [3.63, 3.8) is 0 Å². The summed E-state index contributed by atoms with van der Waals surface area (Å²) in [6.45, 7) is 1.40. The van der Waals surface area contributed by atoms with E-state index in [1.54, 1.807) is 30.1 Å². The van der Waals surface area contributed by atoms with Crippen LogP contribution in [-0.4, -0.2) is 30.4 Å².